The molecule has 0 heterocycles. The highest BCUT2D eigenvalue weighted by Crippen LogP contribution is 2.26. The zero-order chi connectivity index (χ0) is 27.6. The van der Waals surface area contributed by atoms with Gasteiger partial charge in [0.05, 0.1) is 17.9 Å². The maximum absolute atomic E-state index is 12.2. The molecule has 1 fully saturated rings. The largest absolute Gasteiger partial charge is 0.349 e. The van der Waals surface area contributed by atoms with Crippen molar-refractivity contribution >= 4 is 11.7 Å². The van der Waals surface area contributed by atoms with Gasteiger partial charge in [0.25, 0.3) is 0 Å². The van der Waals surface area contributed by atoms with E-state index in [1.54, 1.807) is 0 Å². The summed E-state index contributed by atoms with van der Waals surface area (Å²) in [5.74, 6) is 1.50. The molecule has 0 aromatic heterocycles. The number of nitrogens with one attached hydrogen (secondary N) is 2. The third-order valence-corrected chi connectivity index (χ3v) is 7.06. The minimum Gasteiger partial charge on any atom is -0.349 e. The molecule has 0 spiro atoms. The summed E-state index contributed by atoms with van der Waals surface area (Å²) in [6.07, 6.45) is 12.2. The van der Waals surface area contributed by atoms with Gasteiger partial charge in [-0.15, -0.1) is 0 Å². The fourth-order valence-electron chi connectivity index (χ4n) is 5.16. The van der Waals surface area contributed by atoms with E-state index in [2.05, 4.69) is 74.4 Å². The highest BCUT2D eigenvalue weighted by Gasteiger charge is 2.24. The van der Waals surface area contributed by atoms with Crippen molar-refractivity contribution in [3.8, 4) is 0 Å². The van der Waals surface area contributed by atoms with Crippen LogP contribution < -0.4 is 10.6 Å². The van der Waals surface area contributed by atoms with E-state index in [0.29, 0.717) is 6.04 Å². The summed E-state index contributed by atoms with van der Waals surface area (Å²) < 4.78 is 0. The maximum Gasteiger partial charge on any atom is 0.223 e. The van der Waals surface area contributed by atoms with Crippen LogP contribution in [0.25, 0.3) is 0 Å². The second-order valence-electron chi connectivity index (χ2n) is 10.6. The number of allylic oxidation sites excluding steroid dienone is 1. The predicted molar refractivity (Wildman–Crippen MR) is 163 cm³/mol. The van der Waals surface area contributed by atoms with Crippen LogP contribution in [0.2, 0.25) is 0 Å². The van der Waals surface area contributed by atoms with Gasteiger partial charge in [-0.05, 0) is 50.2 Å². The minimum absolute atomic E-state index is 0.185. The Kier molecular flexibility index (Phi) is 15.2. The molecule has 1 aliphatic carbocycles. The Bertz CT molecular complexity index is 942. The van der Waals surface area contributed by atoms with Gasteiger partial charge in [-0.3, -0.25) is 9.79 Å². The van der Waals surface area contributed by atoms with Crippen molar-refractivity contribution in [2.45, 2.75) is 110 Å². The zero-order valence-corrected chi connectivity index (χ0v) is 24.3. The highest BCUT2D eigenvalue weighted by atomic mass is 16.1. The van der Waals surface area contributed by atoms with Gasteiger partial charge in [-0.2, -0.15) is 0 Å². The first-order valence-corrected chi connectivity index (χ1v) is 14.8. The van der Waals surface area contributed by atoms with Gasteiger partial charge in [0, 0.05) is 18.0 Å². The molecular weight excluding hydrogens is 466 g/mol. The van der Waals surface area contributed by atoms with Gasteiger partial charge in [0.1, 0.15) is 0 Å². The van der Waals surface area contributed by atoms with Crippen LogP contribution >= 0.6 is 0 Å². The number of hydrogen-bond donors (Lipinski definition) is 2. The molecule has 4 heteroatoms. The standard InChI is InChI=1S/C18H28N2.C16H23NO/c1-5-10-18(11-6-2)20-16(4)19-15(3)14-17-12-8-7-9-13-17;1-2-8-15(13-9-4-3-5-10-13)17-16(18)14-11-6-7-12-14/h7-9,12-13,18H,3,5-6,10-11,14H2,1-2,4H3,(H,19,20);3-5,9-10,14-15H,2,6-8,11-12H2,1H3,(H,17,18). The zero-order valence-electron chi connectivity index (χ0n) is 24.3. The van der Waals surface area contributed by atoms with Crippen LogP contribution in [-0.2, 0) is 11.2 Å². The summed E-state index contributed by atoms with van der Waals surface area (Å²) in [6.45, 7) is 12.7. The van der Waals surface area contributed by atoms with Gasteiger partial charge in [0.15, 0.2) is 0 Å². The van der Waals surface area contributed by atoms with Crippen molar-refractivity contribution in [3.05, 3.63) is 84.1 Å². The molecule has 0 saturated heterocycles. The molecular formula is C34H51N3O. The summed E-state index contributed by atoms with van der Waals surface area (Å²) in [7, 11) is 0. The number of amides is 1. The second kappa shape index (κ2) is 18.4. The fourth-order valence-corrected chi connectivity index (χ4v) is 5.16. The van der Waals surface area contributed by atoms with Crippen LogP contribution in [0.5, 0.6) is 0 Å². The summed E-state index contributed by atoms with van der Waals surface area (Å²) in [6, 6.07) is 21.3. The third kappa shape index (κ3) is 12.1. The predicted octanol–water partition coefficient (Wildman–Crippen LogP) is 8.55. The molecule has 208 valence electrons. The first-order chi connectivity index (χ1) is 18.5. The van der Waals surface area contributed by atoms with Crippen molar-refractivity contribution in [2.75, 3.05) is 0 Å². The van der Waals surface area contributed by atoms with Crippen molar-refractivity contribution in [1.29, 1.82) is 0 Å². The van der Waals surface area contributed by atoms with Crippen molar-refractivity contribution in [2.24, 2.45) is 10.9 Å². The number of carbonyl (C=O) groups excluding carboxylic acids is 1. The Morgan fingerprint density at radius 1 is 0.895 bits per heavy atom. The lowest BCUT2D eigenvalue weighted by atomic mass is 10.0. The van der Waals surface area contributed by atoms with Gasteiger partial charge >= 0.3 is 0 Å². The number of amidine groups is 1. The molecule has 2 aromatic rings. The van der Waals surface area contributed by atoms with Crippen LogP contribution in [0.4, 0.5) is 0 Å². The number of rotatable bonds is 13. The number of carbonyl (C=O) groups is 1. The molecule has 0 radical (unpaired) electrons. The molecule has 2 N–H and O–H groups in total. The van der Waals surface area contributed by atoms with Crippen molar-refractivity contribution < 1.29 is 4.79 Å². The molecule has 1 saturated carbocycles. The molecule has 0 aliphatic heterocycles. The molecule has 3 rings (SSSR count). The number of hydrogen-bond acceptors (Lipinski definition) is 2. The summed E-state index contributed by atoms with van der Waals surface area (Å²) in [5, 5.41) is 6.57. The van der Waals surface area contributed by atoms with E-state index >= 15 is 0 Å². The Balaban J connectivity index is 0.000000268. The Hall–Kier alpha value is -2.88. The molecule has 1 unspecified atom stereocenters. The summed E-state index contributed by atoms with van der Waals surface area (Å²) >= 11 is 0. The van der Waals surface area contributed by atoms with Gasteiger partial charge in [0.2, 0.25) is 5.91 Å². The summed E-state index contributed by atoms with van der Waals surface area (Å²) in [5.41, 5.74) is 3.51. The lowest BCUT2D eigenvalue weighted by Crippen LogP contribution is -2.33. The van der Waals surface area contributed by atoms with Crippen LogP contribution in [0, 0.1) is 5.92 Å². The SMILES string of the molecule is C=C(Cc1ccccc1)NC(C)=NC(CCC)CCC.CCCC(NC(=O)C1CCCC1)c1ccccc1. The van der Waals surface area contributed by atoms with Crippen LogP contribution in [0.1, 0.15) is 109 Å². The number of nitrogens with zero attached hydrogens (tertiary/aromatic N) is 1. The molecule has 1 amide bonds. The molecule has 4 nitrogen and oxygen atoms in total. The molecule has 38 heavy (non-hydrogen) atoms. The monoisotopic (exact) mass is 517 g/mol. The quantitative estimate of drug-likeness (QED) is 0.206. The smallest absolute Gasteiger partial charge is 0.223 e. The van der Waals surface area contributed by atoms with E-state index in [1.165, 1.54) is 36.8 Å². The van der Waals surface area contributed by atoms with Gasteiger partial charge in [-0.1, -0.05) is 120 Å². The lowest BCUT2D eigenvalue weighted by Gasteiger charge is -2.20. The average molecular weight is 518 g/mol. The van der Waals surface area contributed by atoms with E-state index in [1.807, 2.05) is 31.2 Å². The van der Waals surface area contributed by atoms with Crippen LogP contribution in [-0.4, -0.2) is 17.8 Å². The lowest BCUT2D eigenvalue weighted by molar-refractivity contribution is -0.125. The van der Waals surface area contributed by atoms with Gasteiger partial charge in [-0.25, -0.2) is 0 Å². The van der Waals surface area contributed by atoms with Crippen molar-refractivity contribution in [3.63, 3.8) is 0 Å². The Morgan fingerprint density at radius 2 is 1.45 bits per heavy atom. The molecule has 1 aliphatic rings. The first kappa shape index (κ1) is 31.3. The number of benzene rings is 2. The van der Waals surface area contributed by atoms with E-state index < -0.39 is 0 Å². The number of aliphatic imine (C=N–C) groups is 1. The van der Waals surface area contributed by atoms with E-state index in [-0.39, 0.29) is 17.9 Å². The van der Waals surface area contributed by atoms with Crippen molar-refractivity contribution in [1.82, 2.24) is 10.6 Å². The Morgan fingerprint density at radius 3 is 2.00 bits per heavy atom. The van der Waals surface area contributed by atoms with Gasteiger partial charge < -0.3 is 10.6 Å². The summed E-state index contributed by atoms with van der Waals surface area (Å²) in [4.78, 5) is 17.0. The van der Waals surface area contributed by atoms with Crippen LogP contribution in [0.15, 0.2) is 77.9 Å². The maximum atomic E-state index is 12.2. The Labute approximate surface area is 232 Å². The molecule has 2 aromatic carbocycles. The molecule has 1 atom stereocenters. The average Bonchev–Trinajstić information content (AvgIpc) is 3.45. The van der Waals surface area contributed by atoms with E-state index in [4.69, 9.17) is 4.99 Å². The fraction of sp³-hybridized carbons (Fsp3) is 0.529. The third-order valence-electron chi connectivity index (χ3n) is 7.06. The van der Waals surface area contributed by atoms with Crippen LogP contribution in [0.3, 0.4) is 0 Å². The minimum atomic E-state index is 0.185. The van der Waals surface area contributed by atoms with E-state index in [9.17, 15) is 4.79 Å². The first-order valence-electron chi connectivity index (χ1n) is 14.8. The van der Waals surface area contributed by atoms with E-state index in [0.717, 1.165) is 56.5 Å². The highest BCUT2D eigenvalue weighted by molar-refractivity contribution is 5.81. The second-order valence-corrected chi connectivity index (χ2v) is 10.6. The topological polar surface area (TPSA) is 53.5 Å². The normalized spacial score (nSPS) is 14.5. The molecule has 0 bridgehead atoms.